The second kappa shape index (κ2) is 14.9. The van der Waals surface area contributed by atoms with Crippen LogP contribution in [0.2, 0.25) is 0 Å². The average Bonchev–Trinajstić information content (AvgIpc) is 2.88. The summed E-state index contributed by atoms with van der Waals surface area (Å²) in [5.74, 6) is -5.20. The van der Waals surface area contributed by atoms with Crippen molar-refractivity contribution in [2.75, 3.05) is 6.61 Å². The molecule has 0 heterocycles. The Morgan fingerprint density at radius 1 is 0.907 bits per heavy atom. The lowest BCUT2D eigenvalue weighted by atomic mass is 9.86. The van der Waals surface area contributed by atoms with Gasteiger partial charge in [0.2, 0.25) is 6.04 Å². The molecule has 0 radical (unpaired) electrons. The summed E-state index contributed by atoms with van der Waals surface area (Å²) >= 11 is 0. The van der Waals surface area contributed by atoms with Crippen LogP contribution in [0, 0.1) is 21.7 Å². The first-order valence-electron chi connectivity index (χ1n) is 13.6. The number of nitrogens with zero attached hydrogens (tertiary/aromatic N) is 2. The quantitative estimate of drug-likeness (QED) is 0.146. The number of carbonyl (C=O) groups is 3. The summed E-state index contributed by atoms with van der Waals surface area (Å²) in [7, 11) is 0. The Morgan fingerprint density at radius 2 is 1.47 bits per heavy atom. The largest absolute Gasteiger partial charge is 0.459 e. The molecule has 0 saturated carbocycles. The molecular formula is C30H38F2N2O9. The smallest absolute Gasteiger partial charge is 0.420 e. The normalized spacial score (nSPS) is 13.8. The third kappa shape index (κ3) is 10.6. The van der Waals surface area contributed by atoms with E-state index in [0.29, 0.717) is 10.5 Å². The molecule has 3 atom stereocenters. The number of carbonyl (C=O) groups excluding carboxylic acids is 3. The van der Waals surface area contributed by atoms with E-state index in [1.165, 1.54) is 41.5 Å². The molecule has 0 fully saturated rings. The number of rotatable bonds is 11. The minimum absolute atomic E-state index is 0.247. The molecule has 2 aromatic rings. The third-order valence-electron chi connectivity index (χ3n) is 6.04. The Kier molecular flexibility index (Phi) is 12.1. The number of imide groups is 1. The Hall–Kier alpha value is -4.13. The molecule has 0 aliphatic carbocycles. The van der Waals surface area contributed by atoms with Crippen LogP contribution in [-0.4, -0.2) is 63.0 Å². The summed E-state index contributed by atoms with van der Waals surface area (Å²) in [6.07, 6.45) is -3.49. The van der Waals surface area contributed by atoms with Gasteiger partial charge in [0.25, 0.3) is 0 Å². The van der Waals surface area contributed by atoms with Crippen molar-refractivity contribution in [1.29, 1.82) is 0 Å². The zero-order valence-electron chi connectivity index (χ0n) is 25.0. The van der Waals surface area contributed by atoms with Crippen LogP contribution >= 0.6 is 0 Å². The maximum atomic E-state index is 14.9. The van der Waals surface area contributed by atoms with Crippen molar-refractivity contribution in [2.45, 2.75) is 90.2 Å². The molecular weight excluding hydrogens is 570 g/mol. The number of nitro groups is 1. The van der Waals surface area contributed by atoms with Gasteiger partial charge < -0.3 is 19.3 Å². The van der Waals surface area contributed by atoms with Gasteiger partial charge in [0.1, 0.15) is 30.5 Å². The molecule has 0 saturated heterocycles. The maximum Gasteiger partial charge on any atom is 0.420 e. The van der Waals surface area contributed by atoms with Crippen LogP contribution in [0.3, 0.4) is 0 Å². The molecule has 0 bridgehead atoms. The van der Waals surface area contributed by atoms with Crippen LogP contribution < -0.4 is 0 Å². The summed E-state index contributed by atoms with van der Waals surface area (Å²) in [4.78, 5) is 51.6. The number of esters is 1. The average molecular weight is 609 g/mol. The molecule has 1 N–H and O–H groups in total. The molecule has 2 rings (SSSR count). The van der Waals surface area contributed by atoms with E-state index >= 15 is 0 Å². The zero-order chi connectivity index (χ0) is 32.5. The minimum Gasteiger partial charge on any atom is -0.459 e. The molecule has 0 aromatic heterocycles. The highest BCUT2D eigenvalue weighted by Crippen LogP contribution is 2.32. The molecule has 0 aliphatic heterocycles. The minimum atomic E-state index is -1.81. The van der Waals surface area contributed by atoms with Crippen LogP contribution in [0.15, 0.2) is 48.5 Å². The number of aliphatic hydroxyl groups is 1. The third-order valence-corrected chi connectivity index (χ3v) is 6.04. The lowest BCUT2D eigenvalue weighted by Gasteiger charge is -2.33. The van der Waals surface area contributed by atoms with Crippen molar-refractivity contribution in [3.63, 3.8) is 0 Å². The van der Waals surface area contributed by atoms with E-state index in [9.17, 15) is 38.4 Å². The highest BCUT2D eigenvalue weighted by atomic mass is 19.2. The predicted octanol–water partition coefficient (Wildman–Crippen LogP) is 5.75. The first-order chi connectivity index (χ1) is 19.9. The highest BCUT2D eigenvalue weighted by Gasteiger charge is 2.43. The van der Waals surface area contributed by atoms with E-state index in [4.69, 9.17) is 14.2 Å². The van der Waals surface area contributed by atoms with Gasteiger partial charge in [-0.25, -0.2) is 23.2 Å². The van der Waals surface area contributed by atoms with Gasteiger partial charge in [-0.3, -0.25) is 10.1 Å². The number of halogens is 2. The van der Waals surface area contributed by atoms with E-state index in [1.807, 2.05) is 0 Å². The van der Waals surface area contributed by atoms with E-state index < -0.39 is 88.9 Å². The number of ether oxygens (including phenoxy) is 3. The van der Waals surface area contributed by atoms with Gasteiger partial charge in [-0.1, -0.05) is 42.5 Å². The molecule has 0 spiro atoms. The van der Waals surface area contributed by atoms with E-state index in [2.05, 4.69) is 0 Å². The van der Waals surface area contributed by atoms with Crippen molar-refractivity contribution in [1.82, 2.24) is 4.90 Å². The molecule has 236 valence electrons. The van der Waals surface area contributed by atoms with Crippen molar-refractivity contribution in [2.24, 2.45) is 0 Å². The van der Waals surface area contributed by atoms with Crippen molar-refractivity contribution >= 4 is 18.2 Å². The number of amides is 2. The van der Waals surface area contributed by atoms with Gasteiger partial charge in [0, 0.05) is 10.5 Å². The topological polar surface area (TPSA) is 146 Å². The molecule has 1 unspecified atom stereocenters. The first kappa shape index (κ1) is 35.1. The number of aliphatic hydroxyl groups excluding tert-OH is 1. The Bertz CT molecular complexity index is 1250. The van der Waals surface area contributed by atoms with Crippen molar-refractivity contribution in [3.8, 4) is 0 Å². The maximum absolute atomic E-state index is 14.9. The van der Waals surface area contributed by atoms with Gasteiger partial charge in [-0.15, -0.1) is 0 Å². The summed E-state index contributed by atoms with van der Waals surface area (Å²) in [6, 6.07) is 8.03. The monoisotopic (exact) mass is 608 g/mol. The molecule has 11 nitrogen and oxygen atoms in total. The fraction of sp³-hybridized carbons (Fsp3) is 0.500. The second-order valence-electron chi connectivity index (χ2n) is 11.8. The van der Waals surface area contributed by atoms with Gasteiger partial charge in [0.15, 0.2) is 11.6 Å². The molecule has 2 aromatic carbocycles. The van der Waals surface area contributed by atoms with Crippen LogP contribution in [-0.2, 0) is 25.6 Å². The molecule has 43 heavy (non-hydrogen) atoms. The SMILES string of the molecule is CC(C)(C)OC(=O)N(C(=O)OC(C)(C)C)[C@H](CC[C@@H](c1cccc(F)c1F)C(CO)[N+](=O)[O-])C(=O)OCc1ccccc1. The second-order valence-corrected chi connectivity index (χ2v) is 11.8. The van der Waals surface area contributed by atoms with Crippen LogP contribution in [0.5, 0.6) is 0 Å². The summed E-state index contributed by atoms with van der Waals surface area (Å²) in [6.45, 7) is 7.92. The Morgan fingerprint density at radius 3 is 1.95 bits per heavy atom. The Labute approximate surface area is 248 Å². The van der Waals surface area contributed by atoms with Gasteiger partial charge in [0.05, 0.1) is 5.92 Å². The number of hydrogen-bond acceptors (Lipinski definition) is 9. The van der Waals surface area contributed by atoms with Gasteiger partial charge in [-0.2, -0.15) is 4.90 Å². The van der Waals surface area contributed by atoms with Crippen molar-refractivity contribution < 1.29 is 47.4 Å². The fourth-order valence-electron chi connectivity index (χ4n) is 4.17. The first-order valence-corrected chi connectivity index (χ1v) is 13.6. The number of benzene rings is 2. The van der Waals surface area contributed by atoms with Crippen LogP contribution in [0.4, 0.5) is 18.4 Å². The lowest BCUT2D eigenvalue weighted by molar-refractivity contribution is -0.530. The molecule has 2 amide bonds. The van der Waals surface area contributed by atoms with Crippen LogP contribution in [0.25, 0.3) is 0 Å². The van der Waals surface area contributed by atoms with Crippen LogP contribution in [0.1, 0.15) is 71.4 Å². The highest BCUT2D eigenvalue weighted by molar-refractivity contribution is 5.94. The van der Waals surface area contributed by atoms with Gasteiger partial charge >= 0.3 is 18.2 Å². The summed E-state index contributed by atoms with van der Waals surface area (Å²) in [5.41, 5.74) is -2.06. The lowest BCUT2D eigenvalue weighted by Crippen LogP contribution is -2.52. The standard InChI is InChI=1S/C30H38F2N2O9/c1-29(2,3)42-27(37)33(28(38)43-30(4,5)6)23(26(36)41-18-19-11-8-7-9-12-19)16-15-20(24(17-35)34(39)40)21-13-10-14-22(31)25(21)32/h7-14,20,23-24,35H,15-18H2,1-6H3/t20-,23+,24?/m0/s1. The number of hydrogen-bond donors (Lipinski definition) is 1. The van der Waals surface area contributed by atoms with E-state index in [1.54, 1.807) is 30.3 Å². The molecule has 13 heteroatoms. The van der Waals surface area contributed by atoms with Crippen molar-refractivity contribution in [3.05, 3.63) is 81.4 Å². The summed E-state index contributed by atoms with van der Waals surface area (Å²) < 4.78 is 45.2. The zero-order valence-corrected chi connectivity index (χ0v) is 25.0. The summed E-state index contributed by atoms with van der Waals surface area (Å²) in [5, 5.41) is 21.6. The molecule has 0 aliphatic rings. The van der Waals surface area contributed by atoms with Gasteiger partial charge in [-0.05, 0) is 66.0 Å². The fourth-order valence-corrected chi connectivity index (χ4v) is 4.17. The predicted molar refractivity (Wildman–Crippen MR) is 151 cm³/mol. The van der Waals surface area contributed by atoms with E-state index in [0.717, 1.165) is 18.2 Å². The Balaban J connectivity index is 2.59. The van der Waals surface area contributed by atoms with E-state index in [-0.39, 0.29) is 6.61 Å².